The molecule has 4 aromatic carbocycles. The van der Waals surface area contributed by atoms with Gasteiger partial charge in [-0.2, -0.15) is 0 Å². The summed E-state index contributed by atoms with van der Waals surface area (Å²) < 4.78 is 9.28. The van der Waals surface area contributed by atoms with Crippen molar-refractivity contribution in [3.63, 3.8) is 0 Å². The molecule has 0 aliphatic carbocycles. The molecule has 1 unspecified atom stereocenters. The number of ether oxygens (including phenoxy) is 1. The first-order valence-electron chi connectivity index (χ1n) is 11.6. The van der Waals surface area contributed by atoms with Crippen LogP contribution in [0.1, 0.15) is 28.7 Å². The standard InChI is InChI=1S/C31H27NO/c1-32-23-28(27-19-11-12-20-29(27)32)31(26-17-9-4-10-18-26)30(21-22-33-31,24-13-5-2-6-14-24)25-15-7-3-8-16-25/h2-20,23H,21-22H2,1H3. The first-order valence-corrected chi connectivity index (χ1v) is 11.6. The molecule has 5 aromatic rings. The van der Waals surface area contributed by atoms with Crippen LogP contribution in [0.25, 0.3) is 10.9 Å². The van der Waals surface area contributed by atoms with Crippen LogP contribution in [-0.4, -0.2) is 11.2 Å². The summed E-state index contributed by atoms with van der Waals surface area (Å²) in [5.41, 5.74) is 5.15. The zero-order chi connectivity index (χ0) is 22.3. The number of para-hydroxylation sites is 1. The van der Waals surface area contributed by atoms with Crippen LogP contribution in [0.3, 0.4) is 0 Å². The van der Waals surface area contributed by atoms with Crippen molar-refractivity contribution in [2.75, 3.05) is 6.61 Å². The fourth-order valence-electron chi connectivity index (χ4n) is 6.05. The van der Waals surface area contributed by atoms with Crippen LogP contribution in [0.15, 0.2) is 121 Å². The largest absolute Gasteiger partial charge is 0.364 e. The number of fused-ring (bicyclic) bond motifs is 1. The van der Waals surface area contributed by atoms with Crippen molar-refractivity contribution in [2.45, 2.75) is 17.4 Å². The van der Waals surface area contributed by atoms with E-state index in [0.29, 0.717) is 6.61 Å². The molecule has 33 heavy (non-hydrogen) atoms. The van der Waals surface area contributed by atoms with Crippen molar-refractivity contribution in [1.82, 2.24) is 4.57 Å². The Bertz CT molecular complexity index is 1350. The van der Waals surface area contributed by atoms with Gasteiger partial charge in [-0.25, -0.2) is 0 Å². The second-order valence-corrected chi connectivity index (χ2v) is 8.95. The van der Waals surface area contributed by atoms with E-state index in [1.807, 2.05) is 0 Å². The third-order valence-electron chi connectivity index (χ3n) is 7.39. The summed E-state index contributed by atoms with van der Waals surface area (Å²) in [5.74, 6) is 0. The van der Waals surface area contributed by atoms with Gasteiger partial charge in [0.2, 0.25) is 0 Å². The summed E-state index contributed by atoms with van der Waals surface area (Å²) in [4.78, 5) is 0. The predicted octanol–water partition coefficient (Wildman–Crippen LogP) is 6.83. The molecule has 2 heterocycles. The van der Waals surface area contributed by atoms with Gasteiger partial charge in [0, 0.05) is 36.3 Å². The molecular weight excluding hydrogens is 402 g/mol. The summed E-state index contributed by atoms with van der Waals surface area (Å²) >= 11 is 0. The third-order valence-corrected chi connectivity index (χ3v) is 7.39. The molecule has 0 N–H and O–H groups in total. The minimum Gasteiger partial charge on any atom is -0.364 e. The maximum absolute atomic E-state index is 7.05. The number of aromatic nitrogens is 1. The fourth-order valence-corrected chi connectivity index (χ4v) is 6.05. The summed E-state index contributed by atoms with van der Waals surface area (Å²) in [5, 5.41) is 1.24. The molecule has 1 aliphatic rings. The van der Waals surface area contributed by atoms with Gasteiger partial charge in [-0.3, -0.25) is 0 Å². The van der Waals surface area contributed by atoms with E-state index >= 15 is 0 Å². The number of rotatable bonds is 4. The lowest BCUT2D eigenvalue weighted by Gasteiger charge is -2.46. The summed E-state index contributed by atoms with van der Waals surface area (Å²) in [6, 6.07) is 41.3. The summed E-state index contributed by atoms with van der Waals surface area (Å²) in [6.07, 6.45) is 3.18. The highest BCUT2D eigenvalue weighted by Gasteiger charge is 2.61. The zero-order valence-electron chi connectivity index (χ0n) is 18.8. The Kier molecular flexibility index (Phi) is 4.70. The number of aryl methyl sites for hydroxylation is 1. The van der Waals surface area contributed by atoms with Crippen molar-refractivity contribution in [3.05, 3.63) is 144 Å². The quantitative estimate of drug-likeness (QED) is 0.305. The lowest BCUT2D eigenvalue weighted by atomic mass is 9.58. The number of benzene rings is 4. The van der Waals surface area contributed by atoms with Crippen molar-refractivity contribution in [2.24, 2.45) is 7.05 Å². The molecule has 2 nitrogen and oxygen atoms in total. The molecule has 1 fully saturated rings. The summed E-state index contributed by atoms with van der Waals surface area (Å²) in [6.45, 7) is 0.682. The maximum Gasteiger partial charge on any atom is 0.134 e. The molecule has 0 saturated carbocycles. The van der Waals surface area contributed by atoms with Gasteiger partial charge in [0.25, 0.3) is 0 Å². The van der Waals surface area contributed by atoms with Crippen LogP contribution in [0, 0.1) is 0 Å². The second kappa shape index (κ2) is 7.75. The van der Waals surface area contributed by atoms with Crippen LogP contribution in [-0.2, 0) is 22.8 Å². The summed E-state index contributed by atoms with van der Waals surface area (Å²) in [7, 11) is 2.13. The highest BCUT2D eigenvalue weighted by molar-refractivity contribution is 5.86. The van der Waals surface area contributed by atoms with E-state index < -0.39 is 5.60 Å². The van der Waals surface area contributed by atoms with E-state index in [2.05, 4.69) is 133 Å². The SMILES string of the molecule is Cn1cc(C2(c3ccccc3)OCCC2(c2ccccc2)c2ccccc2)c2ccccc21. The molecule has 0 radical (unpaired) electrons. The maximum atomic E-state index is 7.05. The van der Waals surface area contributed by atoms with Crippen molar-refractivity contribution < 1.29 is 4.74 Å². The minimum absolute atomic E-state index is 0.374. The molecule has 6 rings (SSSR count). The Morgan fingerprint density at radius 2 is 1.15 bits per heavy atom. The van der Waals surface area contributed by atoms with Crippen molar-refractivity contribution in [1.29, 1.82) is 0 Å². The average Bonchev–Trinajstić information content (AvgIpc) is 3.46. The number of nitrogens with zero attached hydrogens (tertiary/aromatic N) is 1. The van der Waals surface area contributed by atoms with E-state index in [9.17, 15) is 0 Å². The molecule has 0 spiro atoms. The topological polar surface area (TPSA) is 14.2 Å². The van der Waals surface area contributed by atoms with Crippen LogP contribution < -0.4 is 0 Å². The van der Waals surface area contributed by atoms with Crippen molar-refractivity contribution >= 4 is 10.9 Å². The Morgan fingerprint density at radius 1 is 0.636 bits per heavy atom. The van der Waals surface area contributed by atoms with Gasteiger partial charge in [0.05, 0.1) is 5.41 Å². The fraction of sp³-hybridized carbons (Fsp3) is 0.161. The number of hydrogen-bond acceptors (Lipinski definition) is 1. The van der Waals surface area contributed by atoms with E-state index in [4.69, 9.17) is 4.74 Å². The molecular formula is C31H27NO. The third kappa shape index (κ3) is 2.77. The Morgan fingerprint density at radius 3 is 1.76 bits per heavy atom. The molecule has 0 bridgehead atoms. The minimum atomic E-state index is -0.669. The normalized spacial score (nSPS) is 19.7. The van der Waals surface area contributed by atoms with Crippen LogP contribution in [0.2, 0.25) is 0 Å². The lowest BCUT2D eigenvalue weighted by Crippen LogP contribution is -2.48. The van der Waals surface area contributed by atoms with Gasteiger partial charge in [0.15, 0.2) is 0 Å². The van der Waals surface area contributed by atoms with Crippen LogP contribution in [0.5, 0.6) is 0 Å². The molecule has 2 heteroatoms. The highest BCUT2D eigenvalue weighted by Crippen LogP contribution is 2.60. The van der Waals surface area contributed by atoms with Gasteiger partial charge in [-0.15, -0.1) is 0 Å². The van der Waals surface area contributed by atoms with Crippen LogP contribution in [0.4, 0.5) is 0 Å². The molecule has 1 saturated heterocycles. The first-order chi connectivity index (χ1) is 16.3. The van der Waals surface area contributed by atoms with Gasteiger partial charge in [-0.05, 0) is 29.2 Å². The van der Waals surface area contributed by atoms with Crippen LogP contribution >= 0.6 is 0 Å². The monoisotopic (exact) mass is 429 g/mol. The second-order valence-electron chi connectivity index (χ2n) is 8.95. The smallest absolute Gasteiger partial charge is 0.134 e. The Hall–Kier alpha value is -3.62. The zero-order valence-corrected chi connectivity index (χ0v) is 18.8. The molecule has 1 aliphatic heterocycles. The van der Waals surface area contributed by atoms with Gasteiger partial charge in [-0.1, -0.05) is 109 Å². The van der Waals surface area contributed by atoms with E-state index in [1.165, 1.54) is 33.2 Å². The van der Waals surface area contributed by atoms with Gasteiger partial charge >= 0.3 is 0 Å². The Balaban J connectivity index is 1.79. The molecule has 162 valence electrons. The lowest BCUT2D eigenvalue weighted by molar-refractivity contribution is 0.00811. The Labute approximate surface area is 195 Å². The van der Waals surface area contributed by atoms with E-state index in [1.54, 1.807) is 0 Å². The van der Waals surface area contributed by atoms with Gasteiger partial charge in [0.1, 0.15) is 5.60 Å². The molecule has 1 atom stereocenters. The average molecular weight is 430 g/mol. The van der Waals surface area contributed by atoms with Gasteiger partial charge < -0.3 is 9.30 Å². The van der Waals surface area contributed by atoms with E-state index in [0.717, 1.165) is 6.42 Å². The predicted molar refractivity (Wildman–Crippen MR) is 134 cm³/mol. The van der Waals surface area contributed by atoms with Crippen molar-refractivity contribution in [3.8, 4) is 0 Å². The van der Waals surface area contributed by atoms with E-state index in [-0.39, 0.29) is 5.41 Å². The first kappa shape index (κ1) is 20.0. The molecule has 1 aromatic heterocycles. The molecule has 0 amide bonds. The number of hydrogen-bond donors (Lipinski definition) is 0. The highest BCUT2D eigenvalue weighted by atomic mass is 16.5.